The Morgan fingerprint density at radius 2 is 1.86 bits per heavy atom. The maximum absolute atomic E-state index is 13.3. The van der Waals surface area contributed by atoms with Gasteiger partial charge >= 0.3 is 0 Å². The Morgan fingerprint density at radius 1 is 1.28 bits per heavy atom. The first kappa shape index (κ1) is 25.1. The highest BCUT2D eigenvalue weighted by molar-refractivity contribution is 5.93. The van der Waals surface area contributed by atoms with Crippen LogP contribution in [0.2, 0.25) is 0 Å². The Balaban J connectivity index is 3.33. The summed E-state index contributed by atoms with van der Waals surface area (Å²) in [6, 6.07) is -0.801. The lowest BCUT2D eigenvalue weighted by Crippen LogP contribution is -2.62. The molecule has 1 aliphatic carbocycles. The number of amides is 2. The van der Waals surface area contributed by atoms with Crippen LogP contribution < -0.4 is 5.32 Å². The molecule has 0 saturated heterocycles. The molecule has 0 spiro atoms. The molecular formula is C22H36N2O5. The third-order valence-electron chi connectivity index (χ3n) is 5.66. The zero-order valence-corrected chi connectivity index (χ0v) is 18.5. The predicted molar refractivity (Wildman–Crippen MR) is 112 cm³/mol. The first-order valence-corrected chi connectivity index (χ1v) is 9.92. The van der Waals surface area contributed by atoms with E-state index in [1.807, 2.05) is 6.92 Å². The van der Waals surface area contributed by atoms with Gasteiger partial charge in [-0.05, 0) is 26.7 Å². The quantitative estimate of drug-likeness (QED) is 0.232. The second kappa shape index (κ2) is 11.3. The molecule has 1 atom stereocenters. The summed E-state index contributed by atoms with van der Waals surface area (Å²) >= 11 is 0. The SMILES string of the molecule is C=C=CC(=O)N(CCC(C)(OC)OC)C(C(=O)NCC(=C)C)C1(OC)CCCC1. The summed E-state index contributed by atoms with van der Waals surface area (Å²) in [6.07, 6.45) is 4.88. The summed E-state index contributed by atoms with van der Waals surface area (Å²) in [7, 11) is 4.69. The van der Waals surface area contributed by atoms with Crippen LogP contribution in [0.5, 0.6) is 0 Å². The molecule has 0 heterocycles. The van der Waals surface area contributed by atoms with E-state index in [2.05, 4.69) is 24.2 Å². The van der Waals surface area contributed by atoms with E-state index in [-0.39, 0.29) is 18.4 Å². The Bertz CT molecular complexity index is 629. The summed E-state index contributed by atoms with van der Waals surface area (Å²) in [5.74, 6) is -1.50. The fraction of sp³-hybridized carbons (Fsp3) is 0.682. The Hall–Kier alpha value is -1.92. The van der Waals surface area contributed by atoms with Gasteiger partial charge in [0.15, 0.2) is 5.79 Å². The van der Waals surface area contributed by atoms with E-state index in [0.29, 0.717) is 25.8 Å². The molecule has 1 rings (SSSR count). The number of hydrogen-bond donors (Lipinski definition) is 1. The van der Waals surface area contributed by atoms with E-state index in [4.69, 9.17) is 14.2 Å². The molecule has 0 aromatic carbocycles. The smallest absolute Gasteiger partial charge is 0.255 e. The normalized spacial score (nSPS) is 16.6. The van der Waals surface area contributed by atoms with Crippen molar-refractivity contribution in [1.82, 2.24) is 10.2 Å². The van der Waals surface area contributed by atoms with E-state index in [0.717, 1.165) is 18.4 Å². The number of rotatable bonds is 12. The van der Waals surface area contributed by atoms with Crippen LogP contribution in [0.1, 0.15) is 46.0 Å². The van der Waals surface area contributed by atoms with Gasteiger partial charge in [0.2, 0.25) is 5.91 Å². The molecule has 0 aromatic rings. The summed E-state index contributed by atoms with van der Waals surface area (Å²) in [6.45, 7) is 11.5. The number of carbonyl (C=O) groups is 2. The Kier molecular flexibility index (Phi) is 9.80. The van der Waals surface area contributed by atoms with Crippen molar-refractivity contribution in [3.8, 4) is 0 Å². The lowest BCUT2D eigenvalue weighted by atomic mass is 9.89. The van der Waals surface area contributed by atoms with Crippen molar-refractivity contribution in [3.05, 3.63) is 30.5 Å². The minimum Gasteiger partial charge on any atom is -0.376 e. The van der Waals surface area contributed by atoms with E-state index in [1.54, 1.807) is 28.3 Å². The van der Waals surface area contributed by atoms with Crippen LogP contribution in [0.3, 0.4) is 0 Å². The van der Waals surface area contributed by atoms with E-state index < -0.39 is 17.4 Å². The molecule has 2 amide bonds. The zero-order chi connectivity index (χ0) is 22.1. The first-order valence-electron chi connectivity index (χ1n) is 9.92. The molecule has 0 aliphatic heterocycles. The molecule has 1 unspecified atom stereocenters. The molecule has 1 N–H and O–H groups in total. The van der Waals surface area contributed by atoms with Gasteiger partial charge < -0.3 is 24.4 Å². The highest BCUT2D eigenvalue weighted by Crippen LogP contribution is 2.38. The van der Waals surface area contributed by atoms with Crippen LogP contribution in [-0.2, 0) is 23.8 Å². The molecule has 164 valence electrons. The highest BCUT2D eigenvalue weighted by atomic mass is 16.7. The van der Waals surface area contributed by atoms with Crippen LogP contribution in [-0.4, -0.2) is 68.6 Å². The van der Waals surface area contributed by atoms with Crippen LogP contribution in [0.4, 0.5) is 0 Å². The average molecular weight is 409 g/mol. The predicted octanol–water partition coefficient (Wildman–Crippen LogP) is 2.58. The number of nitrogens with one attached hydrogen (secondary N) is 1. The van der Waals surface area contributed by atoms with Crippen LogP contribution in [0, 0.1) is 0 Å². The molecule has 29 heavy (non-hydrogen) atoms. The molecule has 0 bridgehead atoms. The van der Waals surface area contributed by atoms with E-state index in [1.165, 1.54) is 11.0 Å². The fourth-order valence-corrected chi connectivity index (χ4v) is 3.71. The zero-order valence-electron chi connectivity index (χ0n) is 18.5. The van der Waals surface area contributed by atoms with Gasteiger partial charge in [-0.3, -0.25) is 9.59 Å². The van der Waals surface area contributed by atoms with Gasteiger partial charge in [0.1, 0.15) is 6.04 Å². The van der Waals surface area contributed by atoms with Crippen molar-refractivity contribution in [2.24, 2.45) is 0 Å². The van der Waals surface area contributed by atoms with Crippen molar-refractivity contribution in [2.75, 3.05) is 34.4 Å². The van der Waals surface area contributed by atoms with Gasteiger partial charge in [-0.1, -0.05) is 31.6 Å². The van der Waals surface area contributed by atoms with Gasteiger partial charge in [0, 0.05) is 46.9 Å². The number of nitrogens with zero attached hydrogens (tertiary/aromatic N) is 1. The van der Waals surface area contributed by atoms with Gasteiger partial charge in [-0.25, -0.2) is 0 Å². The average Bonchev–Trinajstić information content (AvgIpc) is 3.18. The topological polar surface area (TPSA) is 77.1 Å². The van der Waals surface area contributed by atoms with Crippen molar-refractivity contribution >= 4 is 11.8 Å². The third kappa shape index (κ3) is 6.54. The van der Waals surface area contributed by atoms with Crippen molar-refractivity contribution < 1.29 is 23.8 Å². The Morgan fingerprint density at radius 3 is 2.31 bits per heavy atom. The highest BCUT2D eigenvalue weighted by Gasteiger charge is 2.49. The van der Waals surface area contributed by atoms with E-state index >= 15 is 0 Å². The molecule has 7 heteroatoms. The summed E-state index contributed by atoms with van der Waals surface area (Å²) in [5, 5.41) is 2.90. The van der Waals surface area contributed by atoms with Crippen LogP contribution in [0.25, 0.3) is 0 Å². The van der Waals surface area contributed by atoms with Crippen molar-refractivity contribution in [1.29, 1.82) is 0 Å². The summed E-state index contributed by atoms with van der Waals surface area (Å²) in [4.78, 5) is 27.8. The second-order valence-corrected chi connectivity index (χ2v) is 7.73. The molecule has 0 radical (unpaired) electrons. The summed E-state index contributed by atoms with van der Waals surface area (Å²) in [5.41, 5.74) is 2.60. The number of ether oxygens (including phenoxy) is 3. The van der Waals surface area contributed by atoms with Crippen LogP contribution >= 0.6 is 0 Å². The number of carbonyl (C=O) groups excluding carboxylic acids is 2. The fourth-order valence-electron chi connectivity index (χ4n) is 3.71. The van der Waals surface area contributed by atoms with Gasteiger partial charge in [-0.2, -0.15) is 0 Å². The molecule has 7 nitrogen and oxygen atoms in total. The minimum absolute atomic E-state index is 0.242. The largest absolute Gasteiger partial charge is 0.376 e. The second-order valence-electron chi connectivity index (χ2n) is 7.73. The lowest BCUT2D eigenvalue weighted by Gasteiger charge is -2.42. The Labute approximate surface area is 174 Å². The van der Waals surface area contributed by atoms with Crippen molar-refractivity contribution in [2.45, 2.75) is 63.4 Å². The van der Waals surface area contributed by atoms with Gasteiger partial charge in [0.05, 0.1) is 5.60 Å². The maximum atomic E-state index is 13.3. The van der Waals surface area contributed by atoms with Gasteiger partial charge in [0.25, 0.3) is 5.91 Å². The molecular weight excluding hydrogens is 372 g/mol. The first-order chi connectivity index (χ1) is 13.7. The molecule has 1 fully saturated rings. The number of hydrogen-bond acceptors (Lipinski definition) is 5. The molecule has 1 aliphatic rings. The number of methoxy groups -OCH3 is 3. The monoisotopic (exact) mass is 408 g/mol. The van der Waals surface area contributed by atoms with E-state index in [9.17, 15) is 9.59 Å². The minimum atomic E-state index is -0.884. The van der Waals surface area contributed by atoms with Crippen LogP contribution in [0.15, 0.2) is 30.5 Å². The molecule has 1 saturated carbocycles. The maximum Gasteiger partial charge on any atom is 0.255 e. The summed E-state index contributed by atoms with van der Waals surface area (Å²) < 4.78 is 16.8. The standard InChI is InChI=1S/C22H36N2O5/c1-8-11-18(25)24(15-14-21(4,27-5)28-6)19(20(26)23-16-17(2)3)22(29-7)12-9-10-13-22/h11,19H,1-2,9-10,12-16H2,3-7H3,(H,23,26). The third-order valence-corrected chi connectivity index (χ3v) is 5.66. The van der Waals surface area contributed by atoms with Crippen molar-refractivity contribution in [3.63, 3.8) is 0 Å². The van der Waals surface area contributed by atoms with Gasteiger partial charge in [-0.15, -0.1) is 5.73 Å². The molecule has 0 aromatic heterocycles. The lowest BCUT2D eigenvalue weighted by molar-refractivity contribution is -0.201.